The molecule has 1 aromatic heterocycles. The van der Waals surface area contributed by atoms with Gasteiger partial charge >= 0.3 is 6.18 Å². The largest absolute Gasteiger partial charge is 0.435 e. The van der Waals surface area contributed by atoms with Gasteiger partial charge in [-0.25, -0.2) is 0 Å². The minimum atomic E-state index is -4.51. The van der Waals surface area contributed by atoms with E-state index in [1.54, 1.807) is 24.3 Å². The highest BCUT2D eigenvalue weighted by Crippen LogP contribution is 2.27. The number of carbonyl (C=O) groups is 1. The maximum Gasteiger partial charge on any atom is 0.435 e. The van der Waals surface area contributed by atoms with Crippen molar-refractivity contribution in [1.82, 2.24) is 15.1 Å². The molecule has 2 rings (SSSR count). The molecule has 1 N–H and O–H groups in total. The lowest BCUT2D eigenvalue weighted by atomic mass is 10.2. The van der Waals surface area contributed by atoms with E-state index in [-0.39, 0.29) is 13.1 Å². The Morgan fingerprint density at radius 2 is 2.10 bits per heavy atom. The van der Waals surface area contributed by atoms with E-state index in [9.17, 15) is 18.0 Å². The van der Waals surface area contributed by atoms with Gasteiger partial charge in [-0.1, -0.05) is 23.7 Å². The molecule has 0 radical (unpaired) electrons. The molecule has 21 heavy (non-hydrogen) atoms. The number of alkyl halides is 3. The number of rotatable bonds is 4. The molecule has 0 saturated heterocycles. The molecule has 2 aromatic rings. The lowest BCUT2D eigenvalue weighted by Crippen LogP contribution is -2.27. The molecule has 0 aliphatic heterocycles. The second-order valence-corrected chi connectivity index (χ2v) is 4.74. The Kier molecular flexibility index (Phi) is 4.52. The SMILES string of the molecule is O=C(Cn1ccc(C(F)(F)F)n1)NCc1cccc(Cl)c1. The second-order valence-electron chi connectivity index (χ2n) is 4.30. The fourth-order valence-corrected chi connectivity index (χ4v) is 1.86. The zero-order chi connectivity index (χ0) is 15.5. The third-order valence-electron chi connectivity index (χ3n) is 2.62. The van der Waals surface area contributed by atoms with Crippen LogP contribution in [0, 0.1) is 0 Å². The van der Waals surface area contributed by atoms with Crippen LogP contribution in [0.2, 0.25) is 5.02 Å². The van der Waals surface area contributed by atoms with E-state index in [4.69, 9.17) is 11.6 Å². The molecule has 0 unspecified atom stereocenters. The zero-order valence-electron chi connectivity index (χ0n) is 10.7. The summed E-state index contributed by atoms with van der Waals surface area (Å²) in [5, 5.41) is 6.43. The van der Waals surface area contributed by atoms with Crippen molar-refractivity contribution in [3.05, 3.63) is 52.8 Å². The monoisotopic (exact) mass is 317 g/mol. The first-order chi connectivity index (χ1) is 9.84. The third-order valence-corrected chi connectivity index (χ3v) is 2.85. The predicted octanol–water partition coefficient (Wildman–Crippen LogP) is 2.87. The van der Waals surface area contributed by atoms with Crippen LogP contribution in [0.3, 0.4) is 0 Å². The normalized spacial score (nSPS) is 11.4. The number of carbonyl (C=O) groups excluding carboxylic acids is 1. The van der Waals surface area contributed by atoms with Crippen LogP contribution in [-0.2, 0) is 24.1 Å². The Hall–Kier alpha value is -2.02. The molecule has 1 heterocycles. The standard InChI is InChI=1S/C13H11ClF3N3O/c14-10-3-1-2-9(6-10)7-18-12(21)8-20-5-4-11(19-20)13(15,16)17/h1-6H,7-8H2,(H,18,21). The molecular formula is C13H11ClF3N3O. The van der Waals surface area contributed by atoms with Crippen LogP contribution >= 0.6 is 11.6 Å². The van der Waals surface area contributed by atoms with Crippen LogP contribution in [0.5, 0.6) is 0 Å². The summed E-state index contributed by atoms with van der Waals surface area (Å²) in [6.45, 7) is -0.0383. The highest BCUT2D eigenvalue weighted by atomic mass is 35.5. The Morgan fingerprint density at radius 1 is 1.33 bits per heavy atom. The summed E-state index contributed by atoms with van der Waals surface area (Å²) in [6, 6.07) is 7.74. The summed E-state index contributed by atoms with van der Waals surface area (Å²) in [5.74, 6) is -0.438. The molecule has 112 valence electrons. The third kappa shape index (κ3) is 4.49. The minimum absolute atomic E-state index is 0.243. The summed E-state index contributed by atoms with van der Waals surface area (Å²) in [5.41, 5.74) is -0.225. The van der Waals surface area contributed by atoms with Crippen molar-refractivity contribution < 1.29 is 18.0 Å². The summed E-state index contributed by atoms with van der Waals surface area (Å²) in [4.78, 5) is 11.6. The van der Waals surface area contributed by atoms with Gasteiger partial charge in [0.2, 0.25) is 5.91 Å². The average molecular weight is 318 g/mol. The molecular weight excluding hydrogens is 307 g/mol. The Morgan fingerprint density at radius 3 is 2.71 bits per heavy atom. The Balaban J connectivity index is 1.89. The summed E-state index contributed by atoms with van der Waals surface area (Å²) in [7, 11) is 0. The molecule has 0 saturated carbocycles. The van der Waals surface area contributed by atoms with Gasteiger partial charge in [-0.05, 0) is 23.8 Å². The number of hydrogen-bond acceptors (Lipinski definition) is 2. The topological polar surface area (TPSA) is 46.9 Å². The van der Waals surface area contributed by atoms with Gasteiger partial charge in [0.15, 0.2) is 5.69 Å². The predicted molar refractivity (Wildman–Crippen MR) is 70.5 cm³/mol. The average Bonchev–Trinajstić information content (AvgIpc) is 2.85. The molecule has 1 amide bonds. The van der Waals surface area contributed by atoms with Crippen LogP contribution in [0.25, 0.3) is 0 Å². The maximum absolute atomic E-state index is 12.4. The number of hydrogen-bond donors (Lipinski definition) is 1. The number of amides is 1. The molecule has 0 fully saturated rings. The van der Waals surface area contributed by atoms with E-state index < -0.39 is 17.8 Å². The van der Waals surface area contributed by atoms with Crippen molar-refractivity contribution in [2.75, 3.05) is 0 Å². The van der Waals surface area contributed by atoms with E-state index >= 15 is 0 Å². The molecule has 0 bridgehead atoms. The van der Waals surface area contributed by atoms with Crippen LogP contribution in [-0.4, -0.2) is 15.7 Å². The minimum Gasteiger partial charge on any atom is -0.350 e. The van der Waals surface area contributed by atoms with E-state index in [1.807, 2.05) is 0 Å². The number of aromatic nitrogens is 2. The van der Waals surface area contributed by atoms with Gasteiger partial charge in [0.05, 0.1) is 0 Å². The van der Waals surface area contributed by atoms with Crippen molar-refractivity contribution in [3.63, 3.8) is 0 Å². The van der Waals surface area contributed by atoms with Crippen molar-refractivity contribution in [3.8, 4) is 0 Å². The van der Waals surface area contributed by atoms with Crippen molar-refractivity contribution in [2.24, 2.45) is 0 Å². The molecule has 0 aliphatic rings. The van der Waals surface area contributed by atoms with Gasteiger partial charge in [-0.3, -0.25) is 9.48 Å². The lowest BCUT2D eigenvalue weighted by Gasteiger charge is -2.06. The fraction of sp³-hybridized carbons (Fsp3) is 0.231. The molecule has 0 aliphatic carbocycles. The van der Waals surface area contributed by atoms with Crippen molar-refractivity contribution >= 4 is 17.5 Å². The molecule has 1 aromatic carbocycles. The lowest BCUT2D eigenvalue weighted by molar-refractivity contribution is -0.141. The number of nitrogens with zero attached hydrogens (tertiary/aromatic N) is 2. The van der Waals surface area contributed by atoms with Gasteiger partial charge in [-0.2, -0.15) is 18.3 Å². The highest BCUT2D eigenvalue weighted by molar-refractivity contribution is 6.30. The molecule has 4 nitrogen and oxygen atoms in total. The van der Waals surface area contributed by atoms with Crippen LogP contribution < -0.4 is 5.32 Å². The van der Waals surface area contributed by atoms with E-state index in [0.717, 1.165) is 22.5 Å². The smallest absolute Gasteiger partial charge is 0.350 e. The summed E-state index contributed by atoms with van der Waals surface area (Å²) in [6.07, 6.45) is -3.40. The summed E-state index contributed by atoms with van der Waals surface area (Å²) < 4.78 is 38.0. The van der Waals surface area contributed by atoms with Gasteiger partial charge in [0.1, 0.15) is 6.54 Å². The van der Waals surface area contributed by atoms with Crippen LogP contribution in [0.1, 0.15) is 11.3 Å². The van der Waals surface area contributed by atoms with E-state index in [0.29, 0.717) is 5.02 Å². The Labute approximate surface area is 123 Å². The number of benzene rings is 1. The Bertz CT molecular complexity index is 640. The maximum atomic E-state index is 12.4. The van der Waals surface area contributed by atoms with E-state index in [1.165, 1.54) is 0 Å². The van der Waals surface area contributed by atoms with E-state index in [2.05, 4.69) is 10.4 Å². The second kappa shape index (κ2) is 6.17. The van der Waals surface area contributed by atoms with Crippen LogP contribution in [0.4, 0.5) is 13.2 Å². The number of halogens is 4. The van der Waals surface area contributed by atoms with Gasteiger partial charge < -0.3 is 5.32 Å². The van der Waals surface area contributed by atoms with Gasteiger partial charge in [0, 0.05) is 17.8 Å². The molecule has 0 atom stereocenters. The van der Waals surface area contributed by atoms with Gasteiger partial charge in [0.25, 0.3) is 0 Å². The van der Waals surface area contributed by atoms with Gasteiger partial charge in [-0.15, -0.1) is 0 Å². The first-order valence-corrected chi connectivity index (χ1v) is 6.34. The highest BCUT2D eigenvalue weighted by Gasteiger charge is 2.33. The fourth-order valence-electron chi connectivity index (χ4n) is 1.65. The van der Waals surface area contributed by atoms with Crippen molar-refractivity contribution in [1.29, 1.82) is 0 Å². The van der Waals surface area contributed by atoms with Crippen LogP contribution in [0.15, 0.2) is 36.5 Å². The molecule has 8 heteroatoms. The summed E-state index contributed by atoms with van der Waals surface area (Å²) >= 11 is 5.80. The molecule has 0 spiro atoms. The first-order valence-electron chi connectivity index (χ1n) is 5.96. The first kappa shape index (κ1) is 15.4. The van der Waals surface area contributed by atoms with Crippen molar-refractivity contribution in [2.45, 2.75) is 19.3 Å². The number of nitrogens with one attached hydrogen (secondary N) is 1. The quantitative estimate of drug-likeness (QED) is 0.942. The zero-order valence-corrected chi connectivity index (χ0v) is 11.4.